The molecule has 0 spiro atoms. The molecule has 28 heavy (non-hydrogen) atoms. The lowest BCUT2D eigenvalue weighted by Gasteiger charge is -2.28. The number of nitrogens with zero attached hydrogens (tertiary/aromatic N) is 3. The Bertz CT molecular complexity index is 1100. The summed E-state index contributed by atoms with van der Waals surface area (Å²) >= 11 is 1.60. The summed E-state index contributed by atoms with van der Waals surface area (Å²) in [5.74, 6) is 0. The normalized spacial score (nSPS) is 19.8. The molecule has 0 saturated carbocycles. The highest BCUT2D eigenvalue weighted by Gasteiger charge is 2.21. The summed E-state index contributed by atoms with van der Waals surface area (Å²) in [6.07, 6.45) is 5.79. The first-order valence-corrected chi connectivity index (χ1v) is 10.4. The van der Waals surface area contributed by atoms with Crippen molar-refractivity contribution in [2.75, 3.05) is 6.54 Å². The Hall–Kier alpha value is -2.67. The molecule has 1 fully saturated rings. The number of aromatic nitrogens is 3. The molecule has 4 aromatic rings. The van der Waals surface area contributed by atoms with Crippen molar-refractivity contribution in [3.63, 3.8) is 0 Å². The molecule has 5 nitrogen and oxygen atoms in total. The van der Waals surface area contributed by atoms with Gasteiger partial charge in [0.15, 0.2) is 0 Å². The van der Waals surface area contributed by atoms with Crippen molar-refractivity contribution >= 4 is 22.2 Å². The predicted octanol–water partition coefficient (Wildman–Crippen LogP) is 4.17. The van der Waals surface area contributed by atoms with Gasteiger partial charge in [0, 0.05) is 47.4 Å². The lowest BCUT2D eigenvalue weighted by Crippen LogP contribution is -2.41. The molecule has 3 aromatic heterocycles. The van der Waals surface area contributed by atoms with Crippen molar-refractivity contribution in [3.8, 4) is 22.0 Å². The van der Waals surface area contributed by atoms with E-state index in [1.807, 2.05) is 36.0 Å². The molecule has 5 rings (SSSR count). The Labute approximate surface area is 167 Å². The van der Waals surface area contributed by atoms with Crippen LogP contribution in [-0.4, -0.2) is 27.5 Å². The van der Waals surface area contributed by atoms with Gasteiger partial charge in [-0.2, -0.15) is 0 Å². The first-order chi connectivity index (χ1) is 13.8. The van der Waals surface area contributed by atoms with Crippen LogP contribution in [0.25, 0.3) is 32.9 Å². The zero-order valence-electron chi connectivity index (χ0n) is 15.4. The first kappa shape index (κ1) is 17.4. The molecule has 2 atom stereocenters. The number of pyridine rings is 2. The summed E-state index contributed by atoms with van der Waals surface area (Å²) < 4.78 is 0. The van der Waals surface area contributed by atoms with Crippen LogP contribution in [0.4, 0.5) is 0 Å². The molecule has 140 valence electrons. The Morgan fingerprint density at radius 1 is 1.00 bits per heavy atom. The first-order valence-electron chi connectivity index (χ1n) is 9.53. The summed E-state index contributed by atoms with van der Waals surface area (Å²) in [5, 5.41) is 7.67. The maximum atomic E-state index is 6.05. The molecule has 3 N–H and O–H groups in total. The molecule has 0 bridgehead atoms. The highest BCUT2D eigenvalue weighted by Crippen LogP contribution is 2.31. The maximum absolute atomic E-state index is 6.05. The second kappa shape index (κ2) is 7.39. The Balaban J connectivity index is 1.56. The number of benzene rings is 1. The molecule has 0 aliphatic carbocycles. The van der Waals surface area contributed by atoms with Crippen LogP contribution in [0.5, 0.6) is 0 Å². The zero-order chi connectivity index (χ0) is 18.9. The average Bonchev–Trinajstić information content (AvgIpc) is 3.29. The van der Waals surface area contributed by atoms with Gasteiger partial charge in [0.2, 0.25) is 0 Å². The second-order valence-corrected chi connectivity index (χ2v) is 8.07. The van der Waals surface area contributed by atoms with Gasteiger partial charge in [0.25, 0.3) is 0 Å². The molecular formula is C22H21N5S. The number of nitrogens with one attached hydrogen (secondary N) is 1. The third kappa shape index (κ3) is 3.30. The quantitative estimate of drug-likeness (QED) is 0.552. The van der Waals surface area contributed by atoms with E-state index >= 15 is 0 Å². The molecular weight excluding hydrogens is 366 g/mol. The zero-order valence-corrected chi connectivity index (χ0v) is 16.2. The predicted molar refractivity (Wildman–Crippen MR) is 114 cm³/mol. The van der Waals surface area contributed by atoms with Gasteiger partial charge in [-0.25, -0.2) is 9.97 Å². The molecule has 0 amide bonds. The Morgan fingerprint density at radius 2 is 1.93 bits per heavy atom. The third-order valence-corrected chi connectivity index (χ3v) is 6.10. The number of nitrogens with two attached hydrogens (primary N) is 1. The maximum Gasteiger partial charge on any atom is 0.141 e. The van der Waals surface area contributed by atoms with Crippen LogP contribution in [0.15, 0.2) is 60.2 Å². The molecule has 1 saturated heterocycles. The minimum atomic E-state index is 0.248. The fourth-order valence-electron chi connectivity index (χ4n) is 3.84. The summed E-state index contributed by atoms with van der Waals surface area (Å²) in [6.45, 7) is 0.853. The van der Waals surface area contributed by atoms with Crippen LogP contribution in [-0.2, 0) is 0 Å². The van der Waals surface area contributed by atoms with Crippen molar-refractivity contribution in [2.24, 2.45) is 5.73 Å². The van der Waals surface area contributed by atoms with Crippen LogP contribution in [0, 0.1) is 0 Å². The van der Waals surface area contributed by atoms with Crippen molar-refractivity contribution in [3.05, 3.63) is 65.8 Å². The fourth-order valence-corrected chi connectivity index (χ4v) is 4.45. The summed E-state index contributed by atoms with van der Waals surface area (Å²) in [5.41, 5.74) is 11.3. The second-order valence-electron chi connectivity index (χ2n) is 7.18. The monoisotopic (exact) mass is 387 g/mol. The lowest BCUT2D eigenvalue weighted by molar-refractivity contribution is 0.375. The van der Waals surface area contributed by atoms with Crippen LogP contribution in [0.2, 0.25) is 0 Å². The number of rotatable bonds is 3. The van der Waals surface area contributed by atoms with Gasteiger partial charge in [0.1, 0.15) is 5.01 Å². The standard InChI is InChI=1S/C22H21N5S/c23-15-5-7-19(26-13-15)16-8-9-24-20-6-4-14(12-17(16)20)18-2-1-3-21(27-18)22-25-10-11-28-22/h1-4,6,8-12,15,19,26H,5,7,13,23H2. The van der Waals surface area contributed by atoms with E-state index in [1.54, 1.807) is 11.3 Å². The molecule has 1 aliphatic heterocycles. The van der Waals surface area contributed by atoms with E-state index in [1.165, 1.54) is 10.9 Å². The van der Waals surface area contributed by atoms with E-state index in [0.29, 0.717) is 6.04 Å². The minimum absolute atomic E-state index is 0.248. The molecule has 6 heteroatoms. The number of piperidine rings is 1. The molecule has 2 unspecified atom stereocenters. The average molecular weight is 388 g/mol. The number of hydrogen-bond acceptors (Lipinski definition) is 6. The van der Waals surface area contributed by atoms with Crippen LogP contribution < -0.4 is 11.1 Å². The molecule has 1 aromatic carbocycles. The highest BCUT2D eigenvalue weighted by atomic mass is 32.1. The molecule has 0 radical (unpaired) electrons. The lowest BCUT2D eigenvalue weighted by atomic mass is 9.92. The van der Waals surface area contributed by atoms with Crippen LogP contribution >= 0.6 is 11.3 Å². The van der Waals surface area contributed by atoms with Gasteiger partial charge in [-0.15, -0.1) is 11.3 Å². The summed E-state index contributed by atoms with van der Waals surface area (Å²) in [6, 6.07) is 15.2. The summed E-state index contributed by atoms with van der Waals surface area (Å²) in [7, 11) is 0. The largest absolute Gasteiger partial charge is 0.327 e. The van der Waals surface area contributed by atoms with Gasteiger partial charge >= 0.3 is 0 Å². The Kier molecular flexibility index (Phi) is 4.60. The number of thiazole rings is 1. The van der Waals surface area contributed by atoms with Gasteiger partial charge < -0.3 is 11.1 Å². The Morgan fingerprint density at radius 3 is 2.75 bits per heavy atom. The molecule has 1 aliphatic rings. The van der Waals surface area contributed by atoms with Crippen molar-refractivity contribution < 1.29 is 0 Å². The van der Waals surface area contributed by atoms with Crippen molar-refractivity contribution in [1.82, 2.24) is 20.3 Å². The van der Waals surface area contributed by atoms with Crippen LogP contribution in [0.3, 0.4) is 0 Å². The van der Waals surface area contributed by atoms with E-state index < -0.39 is 0 Å². The van der Waals surface area contributed by atoms with Gasteiger partial charge in [-0.3, -0.25) is 4.98 Å². The van der Waals surface area contributed by atoms with E-state index in [4.69, 9.17) is 10.7 Å². The minimum Gasteiger partial charge on any atom is -0.327 e. The van der Waals surface area contributed by atoms with Crippen molar-refractivity contribution in [2.45, 2.75) is 24.9 Å². The van der Waals surface area contributed by atoms with E-state index in [9.17, 15) is 0 Å². The summed E-state index contributed by atoms with van der Waals surface area (Å²) in [4.78, 5) is 13.8. The molecule has 4 heterocycles. The number of fused-ring (bicyclic) bond motifs is 1. The fraction of sp³-hybridized carbons (Fsp3) is 0.227. The number of hydrogen-bond donors (Lipinski definition) is 2. The van der Waals surface area contributed by atoms with Gasteiger partial charge in [0.05, 0.1) is 16.9 Å². The van der Waals surface area contributed by atoms with Gasteiger partial charge in [-0.05, 0) is 48.7 Å². The van der Waals surface area contributed by atoms with E-state index in [-0.39, 0.29) is 6.04 Å². The topological polar surface area (TPSA) is 76.7 Å². The van der Waals surface area contributed by atoms with Crippen LogP contribution in [0.1, 0.15) is 24.4 Å². The van der Waals surface area contributed by atoms with E-state index in [2.05, 4.69) is 39.6 Å². The van der Waals surface area contributed by atoms with E-state index in [0.717, 1.165) is 46.9 Å². The smallest absolute Gasteiger partial charge is 0.141 e. The highest BCUT2D eigenvalue weighted by molar-refractivity contribution is 7.13. The SMILES string of the molecule is NC1CCC(c2ccnc3ccc(-c4cccc(-c5nccs5)n4)cc23)NC1. The van der Waals surface area contributed by atoms with Crippen molar-refractivity contribution in [1.29, 1.82) is 0 Å². The third-order valence-electron chi connectivity index (χ3n) is 5.30. The van der Waals surface area contributed by atoms with Gasteiger partial charge in [-0.1, -0.05) is 12.1 Å².